The molecule has 2 aromatic rings. The van der Waals surface area contributed by atoms with Crippen molar-refractivity contribution in [2.24, 2.45) is 11.8 Å². The lowest BCUT2D eigenvalue weighted by Gasteiger charge is -2.29. The van der Waals surface area contributed by atoms with Gasteiger partial charge in [0.2, 0.25) is 0 Å². The monoisotopic (exact) mass is 466 g/mol. The molecule has 188 valence electrons. The zero-order chi connectivity index (χ0) is 25.2. The number of epoxide rings is 1. The molecule has 34 heavy (non-hydrogen) atoms. The quantitative estimate of drug-likeness (QED) is 0.367. The van der Waals surface area contributed by atoms with Crippen LogP contribution in [0.1, 0.15) is 102 Å². The molecule has 2 unspecified atom stereocenters. The van der Waals surface area contributed by atoms with Gasteiger partial charge in [-0.05, 0) is 53.2 Å². The highest BCUT2D eigenvalue weighted by Crippen LogP contribution is 2.44. The van der Waals surface area contributed by atoms with Gasteiger partial charge in [-0.25, -0.2) is 0 Å². The summed E-state index contributed by atoms with van der Waals surface area (Å²) in [7, 11) is 0. The number of aryl methyl sites for hydroxylation is 1. The average molecular weight is 467 g/mol. The highest BCUT2D eigenvalue weighted by atomic mass is 16.6. The maximum absolute atomic E-state index is 11.3. The van der Waals surface area contributed by atoms with Crippen LogP contribution in [0, 0.1) is 11.8 Å². The Bertz CT molecular complexity index is 977. The molecular formula is C31H46O3. The van der Waals surface area contributed by atoms with Crippen LogP contribution >= 0.6 is 0 Å². The van der Waals surface area contributed by atoms with Crippen molar-refractivity contribution in [1.29, 1.82) is 0 Å². The number of phenolic OH excluding ortho intramolecular Hbond substituents is 1. The topological polar surface area (TPSA) is 42.0 Å². The van der Waals surface area contributed by atoms with E-state index in [2.05, 4.69) is 86.6 Å². The van der Waals surface area contributed by atoms with E-state index >= 15 is 0 Å². The van der Waals surface area contributed by atoms with Gasteiger partial charge in [0.05, 0.1) is 6.61 Å². The van der Waals surface area contributed by atoms with Crippen LogP contribution in [0.5, 0.6) is 11.5 Å². The van der Waals surface area contributed by atoms with Crippen LogP contribution in [-0.4, -0.2) is 24.4 Å². The molecule has 3 rings (SSSR count). The molecule has 0 aromatic heterocycles. The van der Waals surface area contributed by atoms with E-state index < -0.39 is 0 Å². The van der Waals surface area contributed by atoms with Crippen molar-refractivity contribution in [3.63, 3.8) is 0 Å². The van der Waals surface area contributed by atoms with Crippen molar-refractivity contribution in [2.45, 2.75) is 99.0 Å². The van der Waals surface area contributed by atoms with Crippen molar-refractivity contribution in [3.8, 4) is 11.5 Å². The molecule has 0 aliphatic carbocycles. The summed E-state index contributed by atoms with van der Waals surface area (Å²) in [4.78, 5) is 0. The molecule has 1 N–H and O–H groups in total. The molecule has 3 nitrogen and oxygen atoms in total. The Morgan fingerprint density at radius 3 is 2.00 bits per heavy atom. The molecule has 0 bridgehead atoms. The summed E-state index contributed by atoms with van der Waals surface area (Å²) in [5.74, 6) is 2.55. The Balaban J connectivity index is 2.19. The summed E-state index contributed by atoms with van der Waals surface area (Å²) < 4.78 is 12.0. The van der Waals surface area contributed by atoms with Gasteiger partial charge in [0.25, 0.3) is 0 Å². The maximum Gasteiger partial charge on any atom is 0.126 e. The average Bonchev–Trinajstić information content (AvgIpc) is 3.55. The molecule has 0 radical (unpaired) electrons. The standard InChI is InChI=1S/C31H46O3/c1-10-24-13-22(11-19(2)3)14-26(29(24)32)21(6)27-15-23(12-20(4)5)16-28(31(7,8)9)30(27)34-18-25-17-33-25/h13-16,19-21,25,32H,10-12,17-18H2,1-9H3. The van der Waals surface area contributed by atoms with Crippen LogP contribution in [-0.2, 0) is 29.4 Å². The fraction of sp³-hybridized carbons (Fsp3) is 0.613. The van der Waals surface area contributed by atoms with Crippen molar-refractivity contribution < 1.29 is 14.6 Å². The molecule has 1 heterocycles. The Morgan fingerprint density at radius 1 is 0.941 bits per heavy atom. The first-order valence-electron chi connectivity index (χ1n) is 13.2. The molecule has 0 saturated carbocycles. The van der Waals surface area contributed by atoms with E-state index in [0.717, 1.165) is 42.7 Å². The molecule has 1 fully saturated rings. The normalized spacial score (nSPS) is 16.9. The van der Waals surface area contributed by atoms with Gasteiger partial charge in [-0.1, -0.05) is 86.6 Å². The Hall–Kier alpha value is -2.00. The smallest absolute Gasteiger partial charge is 0.126 e. The first-order valence-corrected chi connectivity index (χ1v) is 13.2. The van der Waals surface area contributed by atoms with Crippen LogP contribution < -0.4 is 4.74 Å². The second-order valence-electron chi connectivity index (χ2n) is 12.0. The van der Waals surface area contributed by atoms with Crippen LogP contribution in [0.15, 0.2) is 24.3 Å². The molecular weight excluding hydrogens is 420 g/mol. The Kier molecular flexibility index (Phi) is 8.39. The minimum atomic E-state index is -0.0582. The van der Waals surface area contributed by atoms with E-state index in [1.165, 1.54) is 22.3 Å². The van der Waals surface area contributed by atoms with E-state index in [9.17, 15) is 5.11 Å². The second kappa shape index (κ2) is 10.7. The largest absolute Gasteiger partial charge is 0.507 e. The maximum atomic E-state index is 11.3. The number of ether oxygens (including phenoxy) is 2. The lowest BCUT2D eigenvalue weighted by atomic mass is 9.79. The number of aromatic hydroxyl groups is 1. The zero-order valence-electron chi connectivity index (χ0n) is 22.9. The fourth-order valence-electron chi connectivity index (χ4n) is 4.83. The van der Waals surface area contributed by atoms with Gasteiger partial charge in [-0.3, -0.25) is 0 Å². The third-order valence-electron chi connectivity index (χ3n) is 6.68. The van der Waals surface area contributed by atoms with Gasteiger partial charge in [0.15, 0.2) is 0 Å². The minimum absolute atomic E-state index is 0.0146. The molecule has 0 spiro atoms. The molecule has 2 aromatic carbocycles. The van der Waals surface area contributed by atoms with Gasteiger partial charge in [-0.2, -0.15) is 0 Å². The zero-order valence-corrected chi connectivity index (χ0v) is 22.9. The van der Waals surface area contributed by atoms with Crippen LogP contribution in [0.4, 0.5) is 0 Å². The molecule has 1 saturated heterocycles. The van der Waals surface area contributed by atoms with E-state index in [1.807, 2.05) is 0 Å². The molecule has 3 heteroatoms. The second-order valence-corrected chi connectivity index (χ2v) is 12.0. The summed E-state index contributed by atoms with van der Waals surface area (Å²) in [6.45, 7) is 21.5. The van der Waals surface area contributed by atoms with Gasteiger partial charge >= 0.3 is 0 Å². The van der Waals surface area contributed by atoms with E-state index in [4.69, 9.17) is 9.47 Å². The first-order chi connectivity index (χ1) is 15.9. The number of phenols is 1. The Labute approximate surface area is 207 Å². The van der Waals surface area contributed by atoms with E-state index in [-0.39, 0.29) is 17.4 Å². The number of hydrogen-bond donors (Lipinski definition) is 1. The fourth-order valence-corrected chi connectivity index (χ4v) is 4.83. The number of rotatable bonds is 10. The first kappa shape index (κ1) is 26.6. The predicted molar refractivity (Wildman–Crippen MR) is 142 cm³/mol. The lowest BCUT2D eigenvalue weighted by Crippen LogP contribution is -2.18. The predicted octanol–water partition coefficient (Wildman–Crippen LogP) is 7.58. The van der Waals surface area contributed by atoms with Crippen molar-refractivity contribution in [1.82, 2.24) is 0 Å². The lowest BCUT2D eigenvalue weighted by molar-refractivity contribution is 0.255. The summed E-state index contributed by atoms with van der Waals surface area (Å²) in [5.41, 5.74) is 7.02. The van der Waals surface area contributed by atoms with Gasteiger partial charge < -0.3 is 14.6 Å². The summed E-state index contributed by atoms with van der Waals surface area (Å²) in [6, 6.07) is 9.07. The van der Waals surface area contributed by atoms with Crippen molar-refractivity contribution in [3.05, 3.63) is 57.6 Å². The van der Waals surface area contributed by atoms with Crippen molar-refractivity contribution in [2.75, 3.05) is 13.2 Å². The molecule has 2 atom stereocenters. The van der Waals surface area contributed by atoms with E-state index in [0.29, 0.717) is 24.2 Å². The van der Waals surface area contributed by atoms with Crippen LogP contribution in [0.25, 0.3) is 0 Å². The van der Waals surface area contributed by atoms with E-state index in [1.54, 1.807) is 0 Å². The highest BCUT2D eigenvalue weighted by molar-refractivity contribution is 5.55. The minimum Gasteiger partial charge on any atom is -0.507 e. The highest BCUT2D eigenvalue weighted by Gasteiger charge is 2.30. The Morgan fingerprint density at radius 2 is 1.50 bits per heavy atom. The molecule has 1 aliphatic heterocycles. The SMILES string of the molecule is CCc1cc(CC(C)C)cc(C(C)c2cc(CC(C)C)cc(C(C)(C)C)c2OCC2CO2)c1O. The summed E-state index contributed by atoms with van der Waals surface area (Å²) in [6.07, 6.45) is 3.05. The molecule has 1 aliphatic rings. The van der Waals surface area contributed by atoms with Crippen molar-refractivity contribution >= 4 is 0 Å². The third kappa shape index (κ3) is 6.56. The van der Waals surface area contributed by atoms with Gasteiger partial charge in [0, 0.05) is 22.6 Å². The van der Waals surface area contributed by atoms with Crippen LogP contribution in [0.2, 0.25) is 0 Å². The van der Waals surface area contributed by atoms with Gasteiger partial charge in [-0.15, -0.1) is 0 Å². The van der Waals surface area contributed by atoms with Gasteiger partial charge in [0.1, 0.15) is 24.2 Å². The number of benzene rings is 2. The van der Waals surface area contributed by atoms with Crippen LogP contribution in [0.3, 0.4) is 0 Å². The third-order valence-corrected chi connectivity index (χ3v) is 6.68. The summed E-state index contributed by atoms with van der Waals surface area (Å²) in [5, 5.41) is 11.3. The number of hydrogen-bond acceptors (Lipinski definition) is 3. The molecule has 0 amide bonds. The summed E-state index contributed by atoms with van der Waals surface area (Å²) >= 11 is 0.